The Morgan fingerprint density at radius 1 is 1.17 bits per heavy atom. The molecule has 3 aromatic rings. The van der Waals surface area contributed by atoms with Gasteiger partial charge in [-0.1, -0.05) is 30.3 Å². The maximum atomic E-state index is 13.6. The molecule has 1 aliphatic rings. The van der Waals surface area contributed by atoms with Gasteiger partial charge in [0.25, 0.3) is 11.5 Å². The molecule has 0 aliphatic carbocycles. The van der Waals surface area contributed by atoms with E-state index in [1.54, 1.807) is 35.0 Å². The zero-order chi connectivity index (χ0) is 25.7. The summed E-state index contributed by atoms with van der Waals surface area (Å²) in [5.41, 5.74) is 8.85. The molecule has 2 unspecified atom stereocenters. The molecule has 9 heteroatoms. The van der Waals surface area contributed by atoms with E-state index in [0.717, 1.165) is 11.4 Å². The molecule has 4 N–H and O–H groups in total. The lowest BCUT2D eigenvalue weighted by Crippen LogP contribution is -2.31. The Morgan fingerprint density at radius 3 is 2.61 bits per heavy atom. The number of hydrogen-bond donors (Lipinski definition) is 3. The van der Waals surface area contributed by atoms with E-state index in [0.29, 0.717) is 42.8 Å². The van der Waals surface area contributed by atoms with Crippen LogP contribution in [0.3, 0.4) is 0 Å². The molecule has 1 aromatic heterocycles. The first-order valence-electron chi connectivity index (χ1n) is 12.0. The van der Waals surface area contributed by atoms with Crippen molar-refractivity contribution in [3.8, 4) is 5.69 Å². The molecule has 36 heavy (non-hydrogen) atoms. The summed E-state index contributed by atoms with van der Waals surface area (Å²) in [5.74, 6) is -0.812. The highest BCUT2D eigenvalue weighted by atomic mass is 16.7. The number of benzene rings is 2. The number of aliphatic hydroxyl groups is 1. The molecular formula is C27H32N4O5. The van der Waals surface area contributed by atoms with Gasteiger partial charge in [0.05, 0.1) is 23.7 Å². The number of allylic oxidation sites excluding steroid dienone is 1. The van der Waals surface area contributed by atoms with Crippen molar-refractivity contribution in [2.75, 3.05) is 24.3 Å². The zero-order valence-electron chi connectivity index (χ0n) is 20.5. The number of rotatable bonds is 9. The Balaban J connectivity index is 1.68. The minimum atomic E-state index is -0.725. The van der Waals surface area contributed by atoms with Crippen molar-refractivity contribution in [1.82, 2.24) is 9.36 Å². The molecule has 0 radical (unpaired) electrons. The fourth-order valence-corrected chi connectivity index (χ4v) is 4.36. The Bertz CT molecular complexity index is 1300. The van der Waals surface area contributed by atoms with Gasteiger partial charge in [-0.05, 0) is 50.1 Å². The van der Waals surface area contributed by atoms with Crippen LogP contribution >= 0.6 is 0 Å². The average Bonchev–Trinajstić information content (AvgIpc) is 3.11. The van der Waals surface area contributed by atoms with Gasteiger partial charge in [-0.15, -0.1) is 0 Å². The molecule has 0 saturated heterocycles. The highest BCUT2D eigenvalue weighted by Gasteiger charge is 2.33. The Labute approximate surface area is 209 Å². The molecule has 4 rings (SSSR count). The van der Waals surface area contributed by atoms with Crippen LogP contribution in [0.15, 0.2) is 71.2 Å². The summed E-state index contributed by atoms with van der Waals surface area (Å²) in [7, 11) is 1.84. The molecular weight excluding hydrogens is 460 g/mol. The maximum absolute atomic E-state index is 13.6. The molecule has 190 valence electrons. The molecule has 0 spiro atoms. The molecule has 1 amide bonds. The molecule has 2 aromatic carbocycles. The van der Waals surface area contributed by atoms with Crippen LogP contribution < -0.4 is 16.6 Å². The second kappa shape index (κ2) is 11.3. The molecule has 9 nitrogen and oxygen atoms in total. The van der Waals surface area contributed by atoms with Crippen LogP contribution in [0.1, 0.15) is 36.4 Å². The van der Waals surface area contributed by atoms with Crippen molar-refractivity contribution in [2.45, 2.75) is 38.4 Å². The molecule has 1 aliphatic heterocycles. The van der Waals surface area contributed by atoms with E-state index in [-0.39, 0.29) is 17.9 Å². The quantitative estimate of drug-likeness (QED) is 0.312. The van der Waals surface area contributed by atoms with Gasteiger partial charge in [0.1, 0.15) is 0 Å². The fourth-order valence-electron chi connectivity index (χ4n) is 4.36. The minimum absolute atomic E-state index is 0.0653. The number of amides is 1. The lowest BCUT2D eigenvalue weighted by Gasteiger charge is -2.29. The normalized spacial score (nSPS) is 17.4. The third-order valence-corrected chi connectivity index (χ3v) is 6.32. The molecule has 0 bridgehead atoms. The first kappa shape index (κ1) is 25.3. The first-order chi connectivity index (χ1) is 17.4. The number of nitrogens with two attached hydrogens (primary N) is 1. The van der Waals surface area contributed by atoms with E-state index in [4.69, 9.17) is 20.3 Å². The highest BCUT2D eigenvalue weighted by molar-refractivity contribution is 6.04. The summed E-state index contributed by atoms with van der Waals surface area (Å²) >= 11 is 0. The van der Waals surface area contributed by atoms with Gasteiger partial charge in [-0.2, -0.15) is 0 Å². The van der Waals surface area contributed by atoms with Gasteiger partial charge in [0, 0.05) is 37.3 Å². The summed E-state index contributed by atoms with van der Waals surface area (Å²) in [6.07, 6.45) is 2.58. The predicted molar refractivity (Wildman–Crippen MR) is 138 cm³/mol. The topological polar surface area (TPSA) is 121 Å². The van der Waals surface area contributed by atoms with Crippen molar-refractivity contribution >= 4 is 17.3 Å². The van der Waals surface area contributed by atoms with Gasteiger partial charge < -0.3 is 25.6 Å². The largest absolute Gasteiger partial charge is 0.459 e. The van der Waals surface area contributed by atoms with Gasteiger partial charge in [-0.3, -0.25) is 14.3 Å². The number of carbonyl (C=O) groups is 1. The van der Waals surface area contributed by atoms with Crippen LogP contribution in [0.25, 0.3) is 5.69 Å². The SMILES string of the molecule is Cc1c(C2C=C(C(=O)Nc3ccccc3N)OC(OCCCCO)C2)c(=O)n(-c2ccccc2)n1C. The minimum Gasteiger partial charge on any atom is -0.459 e. The molecule has 0 fully saturated rings. The van der Waals surface area contributed by atoms with E-state index >= 15 is 0 Å². The summed E-state index contributed by atoms with van der Waals surface area (Å²) in [5, 5.41) is 11.8. The van der Waals surface area contributed by atoms with Crippen LogP contribution in [-0.2, 0) is 21.3 Å². The number of para-hydroxylation sites is 3. The van der Waals surface area contributed by atoms with Crippen molar-refractivity contribution in [2.24, 2.45) is 7.05 Å². The smallest absolute Gasteiger partial charge is 0.290 e. The molecule has 0 saturated carbocycles. The second-order valence-corrected chi connectivity index (χ2v) is 8.74. The number of nitrogens with one attached hydrogen (secondary N) is 1. The number of aromatic nitrogens is 2. The van der Waals surface area contributed by atoms with Gasteiger partial charge >= 0.3 is 0 Å². The standard InChI is InChI=1S/C27H32N4O5/c1-18-25(27(34)31(30(18)2)20-10-4-3-5-11-20)19-16-23(36-24(17-19)35-15-9-8-14-32)26(33)29-22-13-7-6-12-21(22)28/h3-7,10-13,16,19,24,32H,8-9,14-15,17,28H2,1-2H3,(H,29,33). The summed E-state index contributed by atoms with van der Waals surface area (Å²) in [6, 6.07) is 16.4. The maximum Gasteiger partial charge on any atom is 0.290 e. The zero-order valence-corrected chi connectivity index (χ0v) is 20.5. The van der Waals surface area contributed by atoms with Crippen molar-refractivity contribution < 1.29 is 19.4 Å². The first-order valence-corrected chi connectivity index (χ1v) is 12.0. The van der Waals surface area contributed by atoms with Crippen LogP contribution in [0, 0.1) is 6.92 Å². The monoisotopic (exact) mass is 492 g/mol. The van der Waals surface area contributed by atoms with Gasteiger partial charge in [0.2, 0.25) is 6.29 Å². The Kier molecular flexibility index (Phi) is 7.92. The molecule has 2 atom stereocenters. The van der Waals surface area contributed by atoms with Gasteiger partial charge in [0.15, 0.2) is 5.76 Å². The van der Waals surface area contributed by atoms with E-state index in [2.05, 4.69) is 5.32 Å². The molecule has 2 heterocycles. The van der Waals surface area contributed by atoms with E-state index < -0.39 is 18.1 Å². The van der Waals surface area contributed by atoms with Crippen molar-refractivity contribution in [3.63, 3.8) is 0 Å². The van der Waals surface area contributed by atoms with Crippen LogP contribution in [0.5, 0.6) is 0 Å². The van der Waals surface area contributed by atoms with E-state index in [1.165, 1.54) is 0 Å². The third-order valence-electron chi connectivity index (χ3n) is 6.32. The number of nitrogens with zero attached hydrogens (tertiary/aromatic N) is 2. The number of anilines is 2. The second-order valence-electron chi connectivity index (χ2n) is 8.74. The van der Waals surface area contributed by atoms with Crippen LogP contribution in [0.4, 0.5) is 11.4 Å². The van der Waals surface area contributed by atoms with Crippen LogP contribution in [-0.4, -0.2) is 39.9 Å². The van der Waals surface area contributed by atoms with Crippen LogP contribution in [0.2, 0.25) is 0 Å². The average molecular weight is 493 g/mol. The summed E-state index contributed by atoms with van der Waals surface area (Å²) < 4.78 is 15.2. The number of nitrogen functional groups attached to an aromatic ring is 1. The highest BCUT2D eigenvalue weighted by Crippen LogP contribution is 2.33. The van der Waals surface area contributed by atoms with Gasteiger partial charge in [-0.25, -0.2) is 4.68 Å². The number of carbonyl (C=O) groups excluding carboxylic acids is 1. The van der Waals surface area contributed by atoms with Crippen molar-refractivity contribution in [3.05, 3.63) is 88.0 Å². The summed E-state index contributed by atoms with van der Waals surface area (Å²) in [4.78, 5) is 26.8. The van der Waals surface area contributed by atoms with Crippen molar-refractivity contribution in [1.29, 1.82) is 0 Å². The lowest BCUT2D eigenvalue weighted by molar-refractivity contribution is -0.143. The van der Waals surface area contributed by atoms with E-state index in [9.17, 15) is 9.59 Å². The number of hydrogen-bond acceptors (Lipinski definition) is 6. The summed E-state index contributed by atoms with van der Waals surface area (Å²) in [6.45, 7) is 2.33. The number of unbranched alkanes of at least 4 members (excludes halogenated alkanes) is 1. The third kappa shape index (κ3) is 5.37. The van der Waals surface area contributed by atoms with E-state index in [1.807, 2.05) is 49.0 Å². The Morgan fingerprint density at radius 2 is 1.89 bits per heavy atom. The fraction of sp³-hybridized carbons (Fsp3) is 0.333. The number of ether oxygens (including phenoxy) is 2. The number of aliphatic hydroxyl groups excluding tert-OH is 1. The Hall–Kier alpha value is -3.82. The predicted octanol–water partition coefficient (Wildman–Crippen LogP) is 3.21. The lowest BCUT2D eigenvalue weighted by atomic mass is 9.93.